The summed E-state index contributed by atoms with van der Waals surface area (Å²) >= 11 is 0. The Labute approximate surface area is 107 Å². The van der Waals surface area contributed by atoms with Crippen LogP contribution in [-0.4, -0.2) is 11.7 Å². The molecule has 0 saturated heterocycles. The van der Waals surface area contributed by atoms with Gasteiger partial charge in [0.05, 0.1) is 0 Å². The molecular weight excluding hydrogens is 228 g/mol. The highest BCUT2D eigenvalue weighted by molar-refractivity contribution is 5.70. The van der Waals surface area contributed by atoms with Gasteiger partial charge in [0.2, 0.25) is 0 Å². The Kier molecular flexibility index (Phi) is 5.61. The van der Waals surface area contributed by atoms with Crippen LogP contribution >= 0.6 is 0 Å². The SMILES string of the molecule is Cc1ccccc1-c1ccccc1C.O=COO. The van der Waals surface area contributed by atoms with Crippen LogP contribution in [0.4, 0.5) is 0 Å². The third-order valence-corrected chi connectivity index (χ3v) is 2.62. The van der Waals surface area contributed by atoms with Crippen molar-refractivity contribution < 1.29 is 14.9 Å². The molecule has 0 aliphatic heterocycles. The third-order valence-electron chi connectivity index (χ3n) is 2.62. The smallest absolute Gasteiger partial charge is 0.304 e. The molecule has 1 N–H and O–H groups in total. The molecule has 3 nitrogen and oxygen atoms in total. The molecular formula is C15H16O3. The van der Waals surface area contributed by atoms with Crippen molar-refractivity contribution in [2.45, 2.75) is 13.8 Å². The van der Waals surface area contributed by atoms with E-state index in [0.717, 1.165) is 0 Å². The molecule has 0 aliphatic rings. The van der Waals surface area contributed by atoms with Crippen molar-refractivity contribution in [3.05, 3.63) is 59.7 Å². The highest BCUT2D eigenvalue weighted by Crippen LogP contribution is 2.25. The van der Waals surface area contributed by atoms with Crippen LogP contribution in [0.5, 0.6) is 0 Å². The number of benzene rings is 2. The van der Waals surface area contributed by atoms with Crippen LogP contribution in [0.25, 0.3) is 11.1 Å². The van der Waals surface area contributed by atoms with Crippen LogP contribution in [0.2, 0.25) is 0 Å². The lowest BCUT2D eigenvalue weighted by Gasteiger charge is -2.08. The van der Waals surface area contributed by atoms with Crippen LogP contribution in [0.3, 0.4) is 0 Å². The second-order valence-corrected chi connectivity index (χ2v) is 3.83. The summed E-state index contributed by atoms with van der Waals surface area (Å²) in [5.74, 6) is 0. The number of carbonyl (C=O) groups is 1. The van der Waals surface area contributed by atoms with E-state index >= 15 is 0 Å². The van der Waals surface area contributed by atoms with Gasteiger partial charge in [0.1, 0.15) is 0 Å². The third kappa shape index (κ3) is 3.71. The Bertz CT molecular complexity index is 463. The van der Waals surface area contributed by atoms with Gasteiger partial charge in [-0.2, -0.15) is 0 Å². The Hall–Kier alpha value is -2.13. The topological polar surface area (TPSA) is 46.5 Å². The van der Waals surface area contributed by atoms with Gasteiger partial charge in [0.25, 0.3) is 0 Å². The lowest BCUT2D eigenvalue weighted by Crippen LogP contribution is -1.85. The van der Waals surface area contributed by atoms with Crippen LogP contribution in [-0.2, 0) is 9.68 Å². The molecule has 0 amide bonds. The van der Waals surface area contributed by atoms with Crippen molar-refractivity contribution in [3.8, 4) is 11.1 Å². The van der Waals surface area contributed by atoms with E-state index in [-0.39, 0.29) is 6.47 Å². The molecule has 0 bridgehead atoms. The van der Waals surface area contributed by atoms with Gasteiger partial charge in [-0.05, 0) is 36.1 Å². The van der Waals surface area contributed by atoms with Gasteiger partial charge < -0.3 is 4.89 Å². The van der Waals surface area contributed by atoms with Crippen molar-refractivity contribution in [3.63, 3.8) is 0 Å². The first kappa shape index (κ1) is 13.9. The molecule has 0 radical (unpaired) electrons. The number of aryl methyl sites for hydroxylation is 2. The molecule has 0 fully saturated rings. The largest absolute Gasteiger partial charge is 0.330 e. The van der Waals surface area contributed by atoms with Gasteiger partial charge in [-0.15, -0.1) is 0 Å². The molecule has 0 heterocycles. The van der Waals surface area contributed by atoms with E-state index in [9.17, 15) is 0 Å². The fraction of sp³-hybridized carbons (Fsp3) is 0.133. The second kappa shape index (κ2) is 7.25. The van der Waals surface area contributed by atoms with E-state index in [1.54, 1.807) is 0 Å². The quantitative estimate of drug-likeness (QED) is 0.498. The number of carbonyl (C=O) groups excluding carboxylic acids is 1. The number of rotatable bonds is 2. The summed E-state index contributed by atoms with van der Waals surface area (Å²) in [6.45, 7) is 4.24. The Morgan fingerprint density at radius 1 is 0.889 bits per heavy atom. The molecule has 0 aromatic heterocycles. The summed E-state index contributed by atoms with van der Waals surface area (Å²) in [5.41, 5.74) is 5.35. The Morgan fingerprint density at radius 2 is 1.22 bits per heavy atom. The minimum absolute atomic E-state index is 0.0694. The highest BCUT2D eigenvalue weighted by Gasteiger charge is 2.02. The average molecular weight is 244 g/mol. The molecule has 18 heavy (non-hydrogen) atoms. The van der Waals surface area contributed by atoms with E-state index in [2.05, 4.69) is 67.3 Å². The van der Waals surface area contributed by atoms with E-state index in [1.807, 2.05) is 0 Å². The van der Waals surface area contributed by atoms with Gasteiger partial charge in [-0.1, -0.05) is 48.5 Å². The van der Waals surface area contributed by atoms with Crippen molar-refractivity contribution in [2.75, 3.05) is 0 Å². The normalized spacial score (nSPS) is 9.06. The summed E-state index contributed by atoms with van der Waals surface area (Å²) in [7, 11) is 0. The van der Waals surface area contributed by atoms with Crippen LogP contribution in [0.15, 0.2) is 48.5 Å². The summed E-state index contributed by atoms with van der Waals surface area (Å²) in [4.78, 5) is 11.6. The first-order valence-electron chi connectivity index (χ1n) is 5.56. The zero-order valence-electron chi connectivity index (χ0n) is 10.5. The first-order chi connectivity index (χ1) is 8.70. The van der Waals surface area contributed by atoms with Crippen molar-refractivity contribution in [1.82, 2.24) is 0 Å². The Balaban J connectivity index is 0.000000357. The zero-order chi connectivity index (χ0) is 13.4. The molecule has 0 spiro atoms. The van der Waals surface area contributed by atoms with Crippen molar-refractivity contribution in [1.29, 1.82) is 0 Å². The van der Waals surface area contributed by atoms with E-state index < -0.39 is 0 Å². The predicted octanol–water partition coefficient (Wildman–Crippen LogP) is 3.60. The number of hydrogen-bond acceptors (Lipinski definition) is 3. The number of hydrogen-bond donors (Lipinski definition) is 1. The van der Waals surface area contributed by atoms with Crippen molar-refractivity contribution >= 4 is 6.47 Å². The van der Waals surface area contributed by atoms with E-state index in [0.29, 0.717) is 0 Å². The van der Waals surface area contributed by atoms with Crippen LogP contribution in [0, 0.1) is 13.8 Å². The van der Waals surface area contributed by atoms with Gasteiger partial charge in [0.15, 0.2) is 0 Å². The monoisotopic (exact) mass is 244 g/mol. The minimum Gasteiger partial charge on any atom is -0.304 e. The van der Waals surface area contributed by atoms with Gasteiger partial charge in [-0.25, -0.2) is 5.26 Å². The fourth-order valence-corrected chi connectivity index (χ4v) is 1.75. The molecule has 2 rings (SSSR count). The summed E-state index contributed by atoms with van der Waals surface area (Å²) in [5, 5.41) is 7.01. The molecule has 0 aliphatic carbocycles. The van der Waals surface area contributed by atoms with Gasteiger partial charge in [-0.3, -0.25) is 4.79 Å². The van der Waals surface area contributed by atoms with Crippen LogP contribution in [0.1, 0.15) is 11.1 Å². The lowest BCUT2D eigenvalue weighted by atomic mass is 9.97. The Morgan fingerprint density at radius 3 is 1.50 bits per heavy atom. The maximum absolute atomic E-state index is 8.70. The predicted molar refractivity (Wildman–Crippen MR) is 71.1 cm³/mol. The molecule has 3 heteroatoms. The van der Waals surface area contributed by atoms with Gasteiger partial charge in [0, 0.05) is 0 Å². The first-order valence-corrected chi connectivity index (χ1v) is 5.56. The molecule has 2 aromatic carbocycles. The van der Waals surface area contributed by atoms with Crippen LogP contribution < -0.4 is 0 Å². The standard InChI is InChI=1S/C14H14.CH2O3/c1-11-7-3-5-9-13(11)14-10-6-4-8-12(14)2;2-1-4-3/h3-10H,1-2H3;1,3H. The molecule has 0 saturated carbocycles. The maximum atomic E-state index is 8.70. The summed E-state index contributed by atoms with van der Waals surface area (Å²) < 4.78 is 0. The molecule has 2 aromatic rings. The minimum atomic E-state index is -0.0694. The molecule has 94 valence electrons. The van der Waals surface area contributed by atoms with E-state index in [4.69, 9.17) is 10.1 Å². The lowest BCUT2D eigenvalue weighted by molar-refractivity contribution is -0.217. The molecule has 0 atom stereocenters. The molecule has 0 unspecified atom stereocenters. The van der Waals surface area contributed by atoms with E-state index in [1.165, 1.54) is 22.3 Å². The maximum Gasteiger partial charge on any atom is 0.330 e. The average Bonchev–Trinajstić information content (AvgIpc) is 2.41. The second-order valence-electron chi connectivity index (χ2n) is 3.83. The zero-order valence-corrected chi connectivity index (χ0v) is 10.5. The fourth-order valence-electron chi connectivity index (χ4n) is 1.75. The summed E-state index contributed by atoms with van der Waals surface area (Å²) in [6.07, 6.45) is 0. The van der Waals surface area contributed by atoms with Crippen molar-refractivity contribution in [2.24, 2.45) is 0 Å². The summed E-state index contributed by atoms with van der Waals surface area (Å²) in [6, 6.07) is 17.0. The highest BCUT2D eigenvalue weighted by atomic mass is 17.1. The van der Waals surface area contributed by atoms with Gasteiger partial charge >= 0.3 is 6.47 Å².